The average Bonchev–Trinajstić information content (AvgIpc) is 2.41. The minimum absolute atomic E-state index is 0.148. The molecule has 106 valence electrons. The van der Waals surface area contributed by atoms with Crippen LogP contribution in [0, 0.1) is 0 Å². The number of halogens is 1. The summed E-state index contributed by atoms with van der Waals surface area (Å²) in [5.74, 6) is 0.645. The van der Waals surface area contributed by atoms with E-state index < -0.39 is 0 Å². The van der Waals surface area contributed by atoms with Crippen LogP contribution in [-0.4, -0.2) is 24.3 Å². The number of hydrogen-bond donors (Lipinski definition) is 3. The Morgan fingerprint density at radius 1 is 1.37 bits per heavy atom. The van der Waals surface area contributed by atoms with Crippen LogP contribution in [0.2, 0.25) is 0 Å². The monoisotopic (exact) mass is 328 g/mol. The lowest BCUT2D eigenvalue weighted by molar-refractivity contribution is 0.341. The summed E-state index contributed by atoms with van der Waals surface area (Å²) in [6, 6.07) is 4.69. The molecule has 4 N–H and O–H groups in total. The molecular formula is C14H21BrN2O2. The van der Waals surface area contributed by atoms with E-state index in [1.165, 1.54) is 0 Å². The van der Waals surface area contributed by atoms with Crippen molar-refractivity contribution in [2.24, 2.45) is 5.73 Å². The minimum Gasteiger partial charge on any atom is -0.503 e. The topological polar surface area (TPSA) is 67.5 Å². The zero-order valence-electron chi connectivity index (χ0n) is 11.2. The lowest BCUT2D eigenvalue weighted by Gasteiger charge is -2.27. The molecule has 0 bridgehead atoms. The number of phenols is 1. The maximum absolute atomic E-state index is 9.76. The summed E-state index contributed by atoms with van der Waals surface area (Å²) in [5, 5.41) is 13.3. The Labute approximate surface area is 122 Å². The van der Waals surface area contributed by atoms with Crippen molar-refractivity contribution >= 4 is 15.9 Å². The van der Waals surface area contributed by atoms with E-state index in [9.17, 15) is 5.11 Å². The number of rotatable bonds is 4. The molecule has 1 aromatic carbocycles. The Morgan fingerprint density at radius 3 is 2.68 bits per heavy atom. The van der Waals surface area contributed by atoms with Gasteiger partial charge in [0.2, 0.25) is 0 Å². The molecule has 4 nitrogen and oxygen atoms in total. The molecule has 0 heterocycles. The maximum atomic E-state index is 9.76. The molecular weight excluding hydrogens is 308 g/mol. The van der Waals surface area contributed by atoms with Gasteiger partial charge in [-0.05, 0) is 59.3 Å². The van der Waals surface area contributed by atoms with E-state index in [0.717, 1.165) is 37.8 Å². The summed E-state index contributed by atoms with van der Waals surface area (Å²) < 4.78 is 5.81. The van der Waals surface area contributed by atoms with Crippen molar-refractivity contribution in [2.75, 3.05) is 7.11 Å². The van der Waals surface area contributed by atoms with Crippen LogP contribution >= 0.6 is 15.9 Å². The van der Waals surface area contributed by atoms with Gasteiger partial charge in [-0.3, -0.25) is 0 Å². The third kappa shape index (κ3) is 3.84. The highest BCUT2D eigenvalue weighted by atomic mass is 79.9. The highest BCUT2D eigenvalue weighted by Crippen LogP contribution is 2.35. The van der Waals surface area contributed by atoms with Gasteiger partial charge in [0.05, 0.1) is 11.6 Å². The average molecular weight is 329 g/mol. The zero-order valence-corrected chi connectivity index (χ0v) is 12.7. The first kappa shape index (κ1) is 14.6. The first-order valence-electron chi connectivity index (χ1n) is 6.64. The quantitative estimate of drug-likeness (QED) is 0.794. The van der Waals surface area contributed by atoms with Crippen LogP contribution in [-0.2, 0) is 6.54 Å². The summed E-state index contributed by atoms with van der Waals surface area (Å²) in [4.78, 5) is 0. The van der Waals surface area contributed by atoms with E-state index in [2.05, 4.69) is 21.2 Å². The minimum atomic E-state index is 0.148. The lowest BCUT2D eigenvalue weighted by Crippen LogP contribution is -2.37. The van der Waals surface area contributed by atoms with Crippen molar-refractivity contribution in [3.63, 3.8) is 0 Å². The lowest BCUT2D eigenvalue weighted by atomic mass is 9.92. The van der Waals surface area contributed by atoms with Crippen molar-refractivity contribution in [1.29, 1.82) is 0 Å². The van der Waals surface area contributed by atoms with Crippen molar-refractivity contribution in [2.45, 2.75) is 44.3 Å². The molecule has 0 unspecified atom stereocenters. The van der Waals surface area contributed by atoms with Crippen molar-refractivity contribution in [3.05, 3.63) is 22.2 Å². The molecule has 1 aromatic rings. The molecule has 0 saturated heterocycles. The van der Waals surface area contributed by atoms with Gasteiger partial charge in [0, 0.05) is 18.6 Å². The second kappa shape index (κ2) is 6.59. The summed E-state index contributed by atoms with van der Waals surface area (Å²) in [6.45, 7) is 0.773. The van der Waals surface area contributed by atoms with Crippen LogP contribution in [0.15, 0.2) is 16.6 Å². The van der Waals surface area contributed by atoms with E-state index in [1.807, 2.05) is 12.1 Å². The number of hydrogen-bond acceptors (Lipinski definition) is 4. The second-order valence-corrected chi connectivity index (χ2v) is 5.98. The van der Waals surface area contributed by atoms with Crippen molar-refractivity contribution in [3.8, 4) is 11.5 Å². The smallest absolute Gasteiger partial charge is 0.172 e. The van der Waals surface area contributed by atoms with Gasteiger partial charge in [-0.25, -0.2) is 0 Å². The first-order valence-corrected chi connectivity index (χ1v) is 7.43. The van der Waals surface area contributed by atoms with Gasteiger partial charge in [-0.15, -0.1) is 0 Å². The third-order valence-corrected chi connectivity index (χ3v) is 4.28. The van der Waals surface area contributed by atoms with Crippen LogP contribution in [0.25, 0.3) is 0 Å². The standard InChI is InChI=1S/C14H21BrN2O2/c1-19-13-7-9(6-12(15)14(13)18)8-17-11-4-2-10(16)3-5-11/h6-7,10-11,17-18H,2-5,8,16H2,1H3. The molecule has 19 heavy (non-hydrogen) atoms. The third-order valence-electron chi connectivity index (χ3n) is 3.67. The summed E-state index contributed by atoms with van der Waals surface area (Å²) in [7, 11) is 1.56. The molecule has 5 heteroatoms. The molecule has 0 aromatic heterocycles. The van der Waals surface area contributed by atoms with Crippen molar-refractivity contribution in [1.82, 2.24) is 5.32 Å². The fraction of sp³-hybridized carbons (Fsp3) is 0.571. The fourth-order valence-electron chi connectivity index (χ4n) is 2.47. The van der Waals surface area contributed by atoms with Gasteiger partial charge in [0.15, 0.2) is 11.5 Å². The highest BCUT2D eigenvalue weighted by Gasteiger charge is 2.18. The number of phenolic OH excluding ortho intramolecular Hbond substituents is 1. The molecule has 2 rings (SSSR count). The number of benzene rings is 1. The van der Waals surface area contributed by atoms with Crippen LogP contribution in [0.3, 0.4) is 0 Å². The van der Waals surface area contributed by atoms with E-state index in [0.29, 0.717) is 22.3 Å². The molecule has 0 amide bonds. The van der Waals surface area contributed by atoms with Gasteiger partial charge >= 0.3 is 0 Å². The fourth-order valence-corrected chi connectivity index (χ4v) is 2.96. The molecule has 1 fully saturated rings. The van der Waals surface area contributed by atoms with Crippen LogP contribution < -0.4 is 15.8 Å². The van der Waals surface area contributed by atoms with E-state index in [-0.39, 0.29) is 5.75 Å². The molecule has 1 aliphatic rings. The Kier molecular flexibility index (Phi) is 5.07. The summed E-state index contributed by atoms with van der Waals surface area (Å²) >= 11 is 3.34. The second-order valence-electron chi connectivity index (χ2n) is 5.12. The van der Waals surface area contributed by atoms with E-state index in [4.69, 9.17) is 10.5 Å². The number of aromatic hydroxyl groups is 1. The molecule has 0 radical (unpaired) electrons. The molecule has 0 atom stereocenters. The zero-order chi connectivity index (χ0) is 13.8. The van der Waals surface area contributed by atoms with Crippen LogP contribution in [0.4, 0.5) is 0 Å². The van der Waals surface area contributed by atoms with Gasteiger partial charge < -0.3 is 20.9 Å². The summed E-state index contributed by atoms with van der Waals surface area (Å²) in [6.07, 6.45) is 4.47. The van der Waals surface area contributed by atoms with Gasteiger partial charge in [-0.1, -0.05) is 0 Å². The largest absolute Gasteiger partial charge is 0.503 e. The van der Waals surface area contributed by atoms with Crippen LogP contribution in [0.5, 0.6) is 11.5 Å². The first-order chi connectivity index (χ1) is 9.10. The SMILES string of the molecule is COc1cc(CNC2CCC(N)CC2)cc(Br)c1O. The molecule has 0 spiro atoms. The van der Waals surface area contributed by atoms with Gasteiger partial charge in [0.1, 0.15) is 0 Å². The van der Waals surface area contributed by atoms with Crippen molar-refractivity contribution < 1.29 is 9.84 Å². The molecule has 0 aliphatic heterocycles. The van der Waals surface area contributed by atoms with Crippen LogP contribution in [0.1, 0.15) is 31.2 Å². The Balaban J connectivity index is 1.94. The van der Waals surface area contributed by atoms with E-state index >= 15 is 0 Å². The Morgan fingerprint density at radius 2 is 2.05 bits per heavy atom. The summed E-state index contributed by atoms with van der Waals surface area (Å²) in [5.41, 5.74) is 6.99. The maximum Gasteiger partial charge on any atom is 0.172 e. The normalized spacial score (nSPS) is 23.3. The number of ether oxygens (including phenoxy) is 1. The predicted octanol–water partition coefficient (Wildman–Crippen LogP) is 2.52. The number of nitrogens with one attached hydrogen (secondary N) is 1. The van der Waals surface area contributed by atoms with Gasteiger partial charge in [-0.2, -0.15) is 0 Å². The Hall–Kier alpha value is -0.780. The Bertz CT molecular complexity index is 432. The highest BCUT2D eigenvalue weighted by molar-refractivity contribution is 9.10. The van der Waals surface area contributed by atoms with E-state index in [1.54, 1.807) is 7.11 Å². The molecule has 1 aliphatic carbocycles. The number of methoxy groups -OCH3 is 1. The number of nitrogens with two attached hydrogens (primary N) is 1. The van der Waals surface area contributed by atoms with Gasteiger partial charge in [0.25, 0.3) is 0 Å². The molecule has 1 saturated carbocycles. The predicted molar refractivity (Wildman–Crippen MR) is 79.4 cm³/mol.